The van der Waals surface area contributed by atoms with Gasteiger partial charge >= 0.3 is 22.3 Å². The number of rotatable bonds is 7. The molecule has 0 bridgehead atoms. The second-order valence-corrected chi connectivity index (χ2v) is 8.23. The van der Waals surface area contributed by atoms with E-state index in [1.165, 1.54) is 30.3 Å². The van der Waals surface area contributed by atoms with Gasteiger partial charge in [0.1, 0.15) is 17.2 Å². The maximum absolute atomic E-state index is 12.5. The Bertz CT molecular complexity index is 1070. The van der Waals surface area contributed by atoms with Crippen LogP contribution in [0.5, 0.6) is 5.75 Å². The van der Waals surface area contributed by atoms with Gasteiger partial charge < -0.3 is 14.2 Å². The molecule has 11 heteroatoms. The van der Waals surface area contributed by atoms with Crippen molar-refractivity contribution in [2.75, 3.05) is 6.54 Å². The van der Waals surface area contributed by atoms with Gasteiger partial charge in [-0.15, -0.1) is 0 Å². The molecule has 2 rings (SSSR count). The lowest BCUT2D eigenvalue weighted by Crippen LogP contribution is -2.40. The van der Waals surface area contributed by atoms with E-state index >= 15 is 0 Å². The molecule has 7 nitrogen and oxygen atoms in total. The molecule has 0 heterocycles. The summed E-state index contributed by atoms with van der Waals surface area (Å²) in [7, 11) is -4.11. The highest BCUT2D eigenvalue weighted by atomic mass is 32.2. The number of ether oxygens (including phenoxy) is 1. The van der Waals surface area contributed by atoms with E-state index in [2.05, 4.69) is 0 Å². The monoisotopic (exact) mass is 459 g/mol. The van der Waals surface area contributed by atoms with Crippen molar-refractivity contribution in [1.82, 2.24) is 5.32 Å². The van der Waals surface area contributed by atoms with E-state index in [0.717, 1.165) is 12.5 Å². The number of hydrogen-bond acceptors (Lipinski definition) is 6. The molecular formula is C20H20F3NO6S. The van der Waals surface area contributed by atoms with Gasteiger partial charge in [0.15, 0.2) is 6.10 Å². The summed E-state index contributed by atoms with van der Waals surface area (Å²) in [4.78, 5) is 23.7. The molecule has 31 heavy (non-hydrogen) atoms. The molecule has 2 aromatic rings. The van der Waals surface area contributed by atoms with E-state index in [1.807, 2.05) is 0 Å². The van der Waals surface area contributed by atoms with Gasteiger partial charge in [-0.05, 0) is 62.2 Å². The van der Waals surface area contributed by atoms with Gasteiger partial charge in [0.25, 0.3) is 5.91 Å². The van der Waals surface area contributed by atoms with Crippen molar-refractivity contribution in [3.8, 4) is 5.75 Å². The minimum Gasteiger partial charge on any atom is -0.449 e. The molecule has 1 amide bonds. The fraction of sp³-hybridized carbons (Fsp3) is 0.300. The molecule has 168 valence electrons. The van der Waals surface area contributed by atoms with Crippen LogP contribution in [-0.2, 0) is 19.6 Å². The third-order valence-electron chi connectivity index (χ3n) is 4.03. The normalized spacial score (nSPS) is 12.7. The predicted octanol–water partition coefficient (Wildman–Crippen LogP) is 3.29. The Labute approximate surface area is 177 Å². The van der Waals surface area contributed by atoms with Crippen LogP contribution in [0.4, 0.5) is 13.2 Å². The van der Waals surface area contributed by atoms with Gasteiger partial charge in [-0.2, -0.15) is 21.6 Å². The second-order valence-electron chi connectivity index (χ2n) is 6.71. The maximum atomic E-state index is 12.5. The van der Waals surface area contributed by atoms with Crippen LogP contribution >= 0.6 is 0 Å². The topological polar surface area (TPSA) is 98.8 Å². The number of nitrogens with one attached hydrogen (secondary N) is 1. The zero-order valence-corrected chi connectivity index (χ0v) is 17.6. The third-order valence-corrected chi connectivity index (χ3v) is 5.42. The van der Waals surface area contributed by atoms with Gasteiger partial charge in [-0.1, -0.05) is 12.1 Å². The zero-order valence-electron chi connectivity index (χ0n) is 16.8. The van der Waals surface area contributed by atoms with E-state index in [4.69, 9.17) is 8.92 Å². The lowest BCUT2D eigenvalue weighted by molar-refractivity contribution is -0.143. The quantitative estimate of drug-likeness (QED) is 0.504. The Morgan fingerprint density at radius 2 is 1.68 bits per heavy atom. The van der Waals surface area contributed by atoms with Crippen LogP contribution in [0.3, 0.4) is 0 Å². The number of carbonyl (C=O) groups is 2. The van der Waals surface area contributed by atoms with Crippen LogP contribution in [0.1, 0.15) is 28.4 Å². The lowest BCUT2D eigenvalue weighted by atomic mass is 10.2. The fourth-order valence-electron chi connectivity index (χ4n) is 2.41. The Morgan fingerprint density at radius 3 is 2.26 bits per heavy atom. The first-order chi connectivity index (χ1) is 14.3. The Kier molecular flexibility index (Phi) is 7.32. The first-order valence-electron chi connectivity index (χ1n) is 8.96. The van der Waals surface area contributed by atoms with Crippen LogP contribution in [-0.4, -0.2) is 39.1 Å². The highest BCUT2D eigenvalue weighted by Crippen LogP contribution is 2.23. The molecule has 0 aromatic heterocycles. The van der Waals surface area contributed by atoms with Crippen molar-refractivity contribution in [3.05, 3.63) is 59.2 Å². The summed E-state index contributed by atoms with van der Waals surface area (Å²) >= 11 is 0. The van der Waals surface area contributed by atoms with E-state index in [1.54, 1.807) is 31.3 Å². The van der Waals surface area contributed by atoms with E-state index in [0.29, 0.717) is 5.56 Å². The molecular weight excluding hydrogens is 439 g/mol. The zero-order chi connectivity index (χ0) is 23.4. The highest BCUT2D eigenvalue weighted by Gasteiger charge is 2.29. The van der Waals surface area contributed by atoms with Crippen molar-refractivity contribution in [1.29, 1.82) is 0 Å². The minimum atomic E-state index is -4.59. The summed E-state index contributed by atoms with van der Waals surface area (Å²) in [5, 5.41) is 1.61. The molecule has 0 radical (unpaired) electrons. The summed E-state index contributed by atoms with van der Waals surface area (Å²) in [5.74, 6) is -2.14. The first kappa shape index (κ1) is 24.2. The molecule has 0 aliphatic heterocycles. The van der Waals surface area contributed by atoms with Crippen molar-refractivity contribution < 1.29 is 40.1 Å². The predicted molar refractivity (Wildman–Crippen MR) is 104 cm³/mol. The molecule has 1 unspecified atom stereocenters. The third kappa shape index (κ3) is 6.99. The van der Waals surface area contributed by atoms with E-state index in [9.17, 15) is 31.2 Å². The summed E-state index contributed by atoms with van der Waals surface area (Å²) in [5.41, 5.74) is 1.19. The number of alkyl halides is 3. The van der Waals surface area contributed by atoms with Crippen LogP contribution in [0.2, 0.25) is 0 Å². The molecule has 1 atom stereocenters. The van der Waals surface area contributed by atoms with E-state index in [-0.39, 0.29) is 16.2 Å². The summed E-state index contributed by atoms with van der Waals surface area (Å²) in [6.45, 7) is 2.94. The van der Waals surface area contributed by atoms with Gasteiger partial charge in [0.05, 0.1) is 5.56 Å². The standard InChI is InChI=1S/C20H20F3NO6S/c1-12-4-5-13(2)17(10-12)31(27,28)30-16-8-6-15(7-9-16)19(26)29-14(3)18(25)24-11-20(21,22)23/h4-10,14H,11H2,1-3H3,(H,24,25). The number of esters is 1. The molecule has 1 N–H and O–H groups in total. The Morgan fingerprint density at radius 1 is 1.06 bits per heavy atom. The maximum Gasteiger partial charge on any atom is 0.405 e. The highest BCUT2D eigenvalue weighted by molar-refractivity contribution is 7.87. The summed E-state index contributed by atoms with van der Waals surface area (Å²) < 4.78 is 71.3. The molecule has 0 saturated carbocycles. The van der Waals surface area contributed by atoms with Gasteiger partial charge in [-0.3, -0.25) is 4.79 Å². The van der Waals surface area contributed by atoms with Crippen LogP contribution < -0.4 is 9.50 Å². The number of aryl methyl sites for hydroxylation is 2. The summed E-state index contributed by atoms with van der Waals surface area (Å²) in [6.07, 6.45) is -6.05. The fourth-order valence-corrected chi connectivity index (χ4v) is 3.65. The first-order valence-corrected chi connectivity index (χ1v) is 10.4. The summed E-state index contributed by atoms with van der Waals surface area (Å²) in [6, 6.07) is 9.73. The molecule has 0 spiro atoms. The van der Waals surface area contributed by atoms with Crippen LogP contribution in [0.15, 0.2) is 47.4 Å². The van der Waals surface area contributed by atoms with Gasteiger partial charge in [0.2, 0.25) is 0 Å². The molecule has 0 fully saturated rings. The number of carbonyl (C=O) groups excluding carboxylic acids is 2. The van der Waals surface area contributed by atoms with Crippen molar-refractivity contribution in [2.45, 2.75) is 37.9 Å². The average molecular weight is 459 g/mol. The number of amides is 1. The molecule has 0 aliphatic rings. The largest absolute Gasteiger partial charge is 0.449 e. The number of halogens is 3. The van der Waals surface area contributed by atoms with Gasteiger partial charge in [-0.25, -0.2) is 4.79 Å². The van der Waals surface area contributed by atoms with E-state index < -0.39 is 40.8 Å². The van der Waals surface area contributed by atoms with Crippen LogP contribution in [0.25, 0.3) is 0 Å². The lowest BCUT2D eigenvalue weighted by Gasteiger charge is -2.14. The van der Waals surface area contributed by atoms with Crippen molar-refractivity contribution >= 4 is 22.0 Å². The number of benzene rings is 2. The molecule has 0 saturated heterocycles. The average Bonchev–Trinajstić information content (AvgIpc) is 2.67. The molecule has 2 aromatic carbocycles. The van der Waals surface area contributed by atoms with Crippen molar-refractivity contribution in [3.63, 3.8) is 0 Å². The second kappa shape index (κ2) is 9.38. The van der Waals surface area contributed by atoms with Gasteiger partial charge in [0, 0.05) is 0 Å². The minimum absolute atomic E-state index is 0.00896. The SMILES string of the molecule is Cc1ccc(C)c(S(=O)(=O)Oc2ccc(C(=O)OC(C)C(=O)NCC(F)(F)F)cc2)c1. The number of hydrogen-bond donors (Lipinski definition) is 1. The smallest absolute Gasteiger partial charge is 0.405 e. The Hall–Kier alpha value is -3.08. The Balaban J connectivity index is 2.03. The van der Waals surface area contributed by atoms with Crippen molar-refractivity contribution in [2.24, 2.45) is 0 Å². The molecule has 0 aliphatic carbocycles. The van der Waals surface area contributed by atoms with Crippen LogP contribution in [0, 0.1) is 13.8 Å².